The van der Waals surface area contributed by atoms with Gasteiger partial charge in [0.15, 0.2) is 5.58 Å². The molecule has 0 saturated carbocycles. The number of halogens is 1. The average Bonchev–Trinajstić information content (AvgIpc) is 3.37. The Bertz CT molecular complexity index is 1410. The monoisotopic (exact) mass is 493 g/mol. The van der Waals surface area contributed by atoms with Gasteiger partial charge < -0.3 is 10.2 Å². The van der Waals surface area contributed by atoms with Crippen LogP contribution in [0, 0.1) is 0 Å². The van der Waals surface area contributed by atoms with E-state index in [0.29, 0.717) is 12.1 Å². The van der Waals surface area contributed by atoms with Gasteiger partial charge in [0.2, 0.25) is 5.13 Å². The number of aryl methyl sites for hydroxylation is 1. The van der Waals surface area contributed by atoms with Gasteiger partial charge in [0.25, 0.3) is 10.0 Å². The maximum Gasteiger partial charge on any atom is 0.420 e. The molecule has 32 heavy (non-hydrogen) atoms. The SMILES string of the molecule is C[C@H](c1ccccc1CCCN)n1c(=O)oc2cc(S(=O)(=O)Nc3ncns3)c(Cl)cc21. The maximum atomic E-state index is 12.8. The van der Waals surface area contributed by atoms with E-state index in [0.717, 1.165) is 35.5 Å². The largest absolute Gasteiger partial charge is 0.420 e. The Morgan fingerprint density at radius 2 is 2.09 bits per heavy atom. The van der Waals surface area contributed by atoms with E-state index in [1.807, 2.05) is 31.2 Å². The highest BCUT2D eigenvalue weighted by molar-refractivity contribution is 7.93. The summed E-state index contributed by atoms with van der Waals surface area (Å²) in [5.74, 6) is -0.608. The Kier molecular flexibility index (Phi) is 6.33. The van der Waals surface area contributed by atoms with Crippen LogP contribution in [-0.2, 0) is 16.4 Å². The Morgan fingerprint density at radius 3 is 2.81 bits per heavy atom. The zero-order valence-corrected chi connectivity index (χ0v) is 19.4. The van der Waals surface area contributed by atoms with Crippen molar-refractivity contribution in [1.82, 2.24) is 13.9 Å². The van der Waals surface area contributed by atoms with Gasteiger partial charge in [0.05, 0.1) is 16.6 Å². The summed E-state index contributed by atoms with van der Waals surface area (Å²) >= 11 is 7.23. The van der Waals surface area contributed by atoms with Crippen LogP contribution in [0.3, 0.4) is 0 Å². The summed E-state index contributed by atoms with van der Waals surface area (Å²) in [6.07, 6.45) is 2.83. The van der Waals surface area contributed by atoms with E-state index < -0.39 is 15.8 Å². The Labute approximate surface area is 193 Å². The zero-order chi connectivity index (χ0) is 22.9. The third-order valence-electron chi connectivity index (χ3n) is 5.08. The molecule has 2 aromatic carbocycles. The molecule has 0 aliphatic heterocycles. The fraction of sp³-hybridized carbons (Fsp3) is 0.250. The summed E-state index contributed by atoms with van der Waals surface area (Å²) in [5, 5.41) is 0.0515. The number of sulfonamides is 1. The van der Waals surface area contributed by atoms with Crippen LogP contribution in [0.25, 0.3) is 11.1 Å². The number of oxazole rings is 1. The molecule has 1 atom stereocenters. The minimum atomic E-state index is -4.06. The van der Waals surface area contributed by atoms with Gasteiger partial charge in [-0.2, -0.15) is 4.37 Å². The zero-order valence-electron chi connectivity index (χ0n) is 17.0. The molecule has 0 unspecified atom stereocenters. The minimum absolute atomic E-state index is 0.0484. The van der Waals surface area contributed by atoms with Gasteiger partial charge in [-0.05, 0) is 43.5 Å². The fourth-order valence-electron chi connectivity index (χ4n) is 3.60. The molecule has 9 nitrogen and oxygen atoms in total. The third kappa shape index (κ3) is 4.29. The molecule has 3 N–H and O–H groups in total. The lowest BCUT2D eigenvalue weighted by Gasteiger charge is -2.18. The predicted octanol–water partition coefficient (Wildman–Crippen LogP) is 3.40. The minimum Gasteiger partial charge on any atom is -0.408 e. The van der Waals surface area contributed by atoms with Crippen molar-refractivity contribution in [3.8, 4) is 0 Å². The molecule has 0 saturated heterocycles. The summed E-state index contributed by atoms with van der Waals surface area (Å²) in [5.41, 5.74) is 8.21. The fourth-order valence-corrected chi connectivity index (χ4v) is 5.80. The molecule has 0 aliphatic rings. The first-order valence-corrected chi connectivity index (χ1v) is 12.4. The van der Waals surface area contributed by atoms with Crippen LogP contribution in [-0.4, -0.2) is 28.9 Å². The van der Waals surface area contributed by atoms with Gasteiger partial charge in [0, 0.05) is 17.6 Å². The molecule has 0 aliphatic carbocycles. The quantitative estimate of drug-likeness (QED) is 0.384. The molecule has 0 radical (unpaired) electrons. The molecular weight excluding hydrogens is 474 g/mol. The lowest BCUT2D eigenvalue weighted by atomic mass is 9.97. The molecule has 12 heteroatoms. The van der Waals surface area contributed by atoms with Crippen LogP contribution < -0.4 is 16.2 Å². The van der Waals surface area contributed by atoms with Gasteiger partial charge in [-0.1, -0.05) is 35.9 Å². The number of fused-ring (bicyclic) bond motifs is 1. The predicted molar refractivity (Wildman–Crippen MR) is 124 cm³/mol. The van der Waals surface area contributed by atoms with Crippen LogP contribution >= 0.6 is 23.1 Å². The van der Waals surface area contributed by atoms with E-state index >= 15 is 0 Å². The Morgan fingerprint density at radius 1 is 1.31 bits per heavy atom. The van der Waals surface area contributed by atoms with Crippen LogP contribution in [0.2, 0.25) is 5.02 Å². The molecule has 0 bridgehead atoms. The highest BCUT2D eigenvalue weighted by Crippen LogP contribution is 2.32. The summed E-state index contributed by atoms with van der Waals surface area (Å²) in [4.78, 5) is 16.3. The topological polar surface area (TPSA) is 133 Å². The van der Waals surface area contributed by atoms with Gasteiger partial charge in [0.1, 0.15) is 11.2 Å². The molecule has 2 aromatic heterocycles. The van der Waals surface area contributed by atoms with Crippen LogP contribution in [0.1, 0.15) is 30.5 Å². The van der Waals surface area contributed by atoms with Crippen molar-refractivity contribution in [2.75, 3.05) is 11.3 Å². The number of nitrogens with zero attached hydrogens (tertiary/aromatic N) is 3. The van der Waals surface area contributed by atoms with Crippen molar-refractivity contribution in [3.05, 3.63) is 69.4 Å². The molecule has 2 heterocycles. The lowest BCUT2D eigenvalue weighted by Crippen LogP contribution is -2.20. The van der Waals surface area contributed by atoms with Crippen LogP contribution in [0.15, 0.2) is 56.8 Å². The van der Waals surface area contributed by atoms with Gasteiger partial charge in [-0.3, -0.25) is 9.29 Å². The summed E-state index contributed by atoms with van der Waals surface area (Å²) in [6.45, 7) is 2.45. The standard InChI is InChI=1S/C20H20ClN5O4S2/c1-12(14-7-3-2-5-13(14)6-4-8-22)26-16-9-15(21)18(10-17(16)30-20(26)27)32(28,29)25-19-23-11-24-31-19/h2-3,5,7,9-12H,4,6,8,22H2,1H3,(H,23,24,25)/t12-/m1/s1. The molecule has 4 rings (SSSR count). The second-order valence-electron chi connectivity index (χ2n) is 7.11. The first-order valence-electron chi connectivity index (χ1n) is 9.73. The highest BCUT2D eigenvalue weighted by Gasteiger charge is 2.25. The van der Waals surface area contributed by atoms with Gasteiger partial charge in [-0.15, -0.1) is 0 Å². The van der Waals surface area contributed by atoms with Crippen molar-refractivity contribution < 1.29 is 12.8 Å². The van der Waals surface area contributed by atoms with E-state index in [9.17, 15) is 13.2 Å². The number of nitrogens with one attached hydrogen (secondary N) is 1. The Balaban J connectivity index is 1.78. The lowest BCUT2D eigenvalue weighted by molar-refractivity contribution is 0.488. The average molecular weight is 494 g/mol. The molecular formula is C20H20ClN5O4S2. The molecule has 168 valence electrons. The molecule has 0 spiro atoms. The van der Waals surface area contributed by atoms with Crippen molar-refractivity contribution in [3.63, 3.8) is 0 Å². The number of aromatic nitrogens is 3. The van der Waals surface area contributed by atoms with E-state index in [2.05, 4.69) is 14.1 Å². The van der Waals surface area contributed by atoms with E-state index in [1.54, 1.807) is 0 Å². The third-order valence-corrected chi connectivity index (χ3v) is 7.60. The summed E-state index contributed by atoms with van der Waals surface area (Å²) in [6, 6.07) is 10.1. The number of hydrogen-bond donors (Lipinski definition) is 2. The van der Waals surface area contributed by atoms with Crippen LogP contribution in [0.4, 0.5) is 5.13 Å². The maximum absolute atomic E-state index is 12.8. The number of rotatable bonds is 8. The van der Waals surface area contributed by atoms with E-state index in [4.69, 9.17) is 21.8 Å². The summed E-state index contributed by atoms with van der Waals surface area (Å²) in [7, 11) is -4.06. The first-order chi connectivity index (χ1) is 15.3. The van der Waals surface area contributed by atoms with Gasteiger partial charge in [-0.25, -0.2) is 18.2 Å². The normalized spacial score (nSPS) is 12.8. The van der Waals surface area contributed by atoms with Crippen molar-refractivity contribution >= 4 is 49.4 Å². The number of anilines is 1. The van der Waals surface area contributed by atoms with Crippen LogP contribution in [0.5, 0.6) is 0 Å². The smallest absolute Gasteiger partial charge is 0.408 e. The molecule has 4 aromatic rings. The second kappa shape index (κ2) is 9.02. The van der Waals surface area contributed by atoms with E-state index in [1.165, 1.54) is 23.0 Å². The number of hydrogen-bond acceptors (Lipinski definition) is 8. The number of benzene rings is 2. The highest BCUT2D eigenvalue weighted by atomic mass is 35.5. The number of nitrogens with two attached hydrogens (primary N) is 1. The molecule has 0 fully saturated rings. The molecule has 0 amide bonds. The first kappa shape index (κ1) is 22.5. The Hall–Kier alpha value is -2.73. The van der Waals surface area contributed by atoms with Crippen molar-refractivity contribution in [2.24, 2.45) is 5.73 Å². The van der Waals surface area contributed by atoms with Gasteiger partial charge >= 0.3 is 5.76 Å². The van der Waals surface area contributed by atoms with Crippen molar-refractivity contribution in [1.29, 1.82) is 0 Å². The summed E-state index contributed by atoms with van der Waals surface area (Å²) < 4.78 is 38.5. The van der Waals surface area contributed by atoms with Crippen molar-refractivity contribution in [2.45, 2.75) is 30.7 Å². The second-order valence-corrected chi connectivity index (χ2v) is 9.95. The van der Waals surface area contributed by atoms with E-state index in [-0.39, 0.29) is 26.7 Å².